The average molecular weight is 364 g/mol. The van der Waals surface area contributed by atoms with Gasteiger partial charge in [0.1, 0.15) is 5.82 Å². The standard InChI is InChI=1S/C19H17FN6O/c1-11-4-5-13(20)8-15(11)23-19(27)16-9-18-21-7-6-17(26(18)24-16)14-10-22-25(3)12(14)2/h4-10H,1-3H3,(H,23,27). The quantitative estimate of drug-likeness (QED) is 0.606. The molecule has 0 atom stereocenters. The fourth-order valence-corrected chi connectivity index (χ4v) is 2.88. The fraction of sp³-hybridized carbons (Fsp3) is 0.158. The maximum atomic E-state index is 13.5. The second-order valence-electron chi connectivity index (χ2n) is 6.31. The SMILES string of the molecule is Cc1ccc(F)cc1NC(=O)c1cc2nccc(-c3cnn(C)c3C)n2n1. The highest BCUT2D eigenvalue weighted by molar-refractivity contribution is 6.04. The van der Waals surface area contributed by atoms with E-state index in [-0.39, 0.29) is 5.69 Å². The zero-order valence-corrected chi connectivity index (χ0v) is 15.1. The van der Waals surface area contributed by atoms with Gasteiger partial charge >= 0.3 is 0 Å². The molecule has 0 aliphatic heterocycles. The number of aromatic nitrogens is 5. The number of halogens is 1. The molecule has 0 bridgehead atoms. The second-order valence-corrected chi connectivity index (χ2v) is 6.31. The molecule has 0 unspecified atom stereocenters. The topological polar surface area (TPSA) is 77.1 Å². The lowest BCUT2D eigenvalue weighted by molar-refractivity contribution is 0.102. The number of amides is 1. The summed E-state index contributed by atoms with van der Waals surface area (Å²) in [5.41, 5.74) is 4.57. The molecule has 3 heterocycles. The molecule has 7 nitrogen and oxygen atoms in total. The normalized spacial score (nSPS) is 11.1. The fourth-order valence-electron chi connectivity index (χ4n) is 2.88. The Balaban J connectivity index is 1.73. The molecular formula is C19H17FN6O. The smallest absolute Gasteiger partial charge is 0.276 e. The molecule has 4 aromatic rings. The minimum atomic E-state index is -0.428. The average Bonchev–Trinajstić information content (AvgIpc) is 3.22. The van der Waals surface area contributed by atoms with E-state index < -0.39 is 11.7 Å². The van der Waals surface area contributed by atoms with Crippen molar-refractivity contribution in [1.82, 2.24) is 24.4 Å². The van der Waals surface area contributed by atoms with Crippen LogP contribution in [0.1, 0.15) is 21.7 Å². The zero-order chi connectivity index (χ0) is 19.1. The first-order valence-corrected chi connectivity index (χ1v) is 8.35. The number of aryl methyl sites for hydroxylation is 2. The summed E-state index contributed by atoms with van der Waals surface area (Å²) in [7, 11) is 1.86. The monoisotopic (exact) mass is 364 g/mol. The number of hydrogen-bond donors (Lipinski definition) is 1. The molecular weight excluding hydrogens is 347 g/mol. The van der Waals surface area contributed by atoms with E-state index in [1.807, 2.05) is 20.0 Å². The number of nitrogens with zero attached hydrogens (tertiary/aromatic N) is 5. The number of fused-ring (bicyclic) bond motifs is 1. The lowest BCUT2D eigenvalue weighted by atomic mass is 10.2. The van der Waals surface area contributed by atoms with Gasteiger partial charge in [-0.05, 0) is 37.6 Å². The van der Waals surface area contributed by atoms with Crippen LogP contribution in [0.4, 0.5) is 10.1 Å². The van der Waals surface area contributed by atoms with Gasteiger partial charge in [0.2, 0.25) is 0 Å². The molecule has 0 saturated heterocycles. The molecule has 0 aliphatic rings. The highest BCUT2D eigenvalue weighted by Crippen LogP contribution is 2.23. The van der Waals surface area contributed by atoms with Gasteiger partial charge in [0.25, 0.3) is 5.91 Å². The van der Waals surface area contributed by atoms with Crippen molar-refractivity contribution in [3.8, 4) is 11.3 Å². The van der Waals surface area contributed by atoms with E-state index in [2.05, 4.69) is 20.5 Å². The van der Waals surface area contributed by atoms with Gasteiger partial charge in [-0.1, -0.05) is 6.07 Å². The molecule has 1 N–H and O–H groups in total. The Bertz CT molecular complexity index is 1180. The van der Waals surface area contributed by atoms with Gasteiger partial charge in [0.05, 0.1) is 11.9 Å². The molecule has 4 rings (SSSR count). The number of carbonyl (C=O) groups excluding carboxylic acids is 1. The van der Waals surface area contributed by atoms with Crippen LogP contribution in [0.15, 0.2) is 42.7 Å². The van der Waals surface area contributed by atoms with Crippen molar-refractivity contribution >= 4 is 17.2 Å². The van der Waals surface area contributed by atoms with Crippen LogP contribution in [0.25, 0.3) is 16.9 Å². The van der Waals surface area contributed by atoms with E-state index in [0.29, 0.717) is 11.3 Å². The molecule has 0 radical (unpaired) electrons. The Kier molecular flexibility index (Phi) is 3.95. The van der Waals surface area contributed by atoms with Crippen LogP contribution in [0.2, 0.25) is 0 Å². The van der Waals surface area contributed by atoms with Crippen molar-refractivity contribution in [3.05, 3.63) is 65.5 Å². The molecule has 0 saturated carbocycles. The number of anilines is 1. The van der Waals surface area contributed by atoms with Crippen LogP contribution in [-0.2, 0) is 7.05 Å². The maximum absolute atomic E-state index is 13.5. The summed E-state index contributed by atoms with van der Waals surface area (Å²) in [6.45, 7) is 3.75. The molecule has 3 aromatic heterocycles. The summed E-state index contributed by atoms with van der Waals surface area (Å²) < 4.78 is 16.8. The van der Waals surface area contributed by atoms with Gasteiger partial charge < -0.3 is 5.32 Å². The summed E-state index contributed by atoms with van der Waals surface area (Å²) in [6.07, 6.45) is 3.42. The first-order chi connectivity index (χ1) is 12.9. The largest absolute Gasteiger partial charge is 0.320 e. The molecule has 0 spiro atoms. The molecule has 1 amide bonds. The summed E-state index contributed by atoms with van der Waals surface area (Å²) in [5, 5.41) is 11.4. The van der Waals surface area contributed by atoms with Gasteiger partial charge in [0, 0.05) is 36.3 Å². The van der Waals surface area contributed by atoms with E-state index in [1.165, 1.54) is 12.1 Å². The van der Waals surface area contributed by atoms with Crippen LogP contribution >= 0.6 is 0 Å². The minimum Gasteiger partial charge on any atom is -0.320 e. The lowest BCUT2D eigenvalue weighted by Gasteiger charge is -2.06. The molecule has 1 aromatic carbocycles. The van der Waals surface area contributed by atoms with Crippen LogP contribution in [0.5, 0.6) is 0 Å². The predicted molar refractivity (Wildman–Crippen MR) is 99.0 cm³/mol. The van der Waals surface area contributed by atoms with Gasteiger partial charge in [-0.25, -0.2) is 13.9 Å². The van der Waals surface area contributed by atoms with Crippen LogP contribution in [0.3, 0.4) is 0 Å². The number of carbonyl (C=O) groups is 1. The van der Waals surface area contributed by atoms with Gasteiger partial charge in [-0.3, -0.25) is 9.48 Å². The Morgan fingerprint density at radius 1 is 1.19 bits per heavy atom. The van der Waals surface area contributed by atoms with Crippen molar-refractivity contribution in [2.24, 2.45) is 7.05 Å². The highest BCUT2D eigenvalue weighted by Gasteiger charge is 2.17. The Labute approximate surface area is 154 Å². The molecule has 27 heavy (non-hydrogen) atoms. The van der Waals surface area contributed by atoms with Crippen molar-refractivity contribution in [3.63, 3.8) is 0 Å². The molecule has 8 heteroatoms. The van der Waals surface area contributed by atoms with E-state index >= 15 is 0 Å². The van der Waals surface area contributed by atoms with Gasteiger partial charge in [-0.15, -0.1) is 0 Å². The minimum absolute atomic E-state index is 0.195. The van der Waals surface area contributed by atoms with Crippen molar-refractivity contribution < 1.29 is 9.18 Å². The first-order valence-electron chi connectivity index (χ1n) is 8.35. The number of nitrogens with one attached hydrogen (secondary N) is 1. The van der Waals surface area contributed by atoms with E-state index in [0.717, 1.165) is 22.5 Å². The summed E-state index contributed by atoms with van der Waals surface area (Å²) in [6, 6.07) is 7.66. The Hall–Kier alpha value is -3.55. The van der Waals surface area contributed by atoms with E-state index in [4.69, 9.17) is 0 Å². The van der Waals surface area contributed by atoms with Crippen LogP contribution in [-0.4, -0.2) is 30.3 Å². The lowest BCUT2D eigenvalue weighted by Crippen LogP contribution is -2.13. The summed E-state index contributed by atoms with van der Waals surface area (Å²) >= 11 is 0. The summed E-state index contributed by atoms with van der Waals surface area (Å²) in [4.78, 5) is 16.9. The second kappa shape index (κ2) is 6.31. The predicted octanol–water partition coefficient (Wildman–Crippen LogP) is 3.14. The highest BCUT2D eigenvalue weighted by atomic mass is 19.1. The third-order valence-corrected chi connectivity index (χ3v) is 4.55. The third-order valence-electron chi connectivity index (χ3n) is 4.55. The number of rotatable bonds is 3. The molecule has 0 fully saturated rings. The Morgan fingerprint density at radius 2 is 2.00 bits per heavy atom. The van der Waals surface area contributed by atoms with E-state index in [1.54, 1.807) is 40.6 Å². The van der Waals surface area contributed by atoms with Crippen molar-refractivity contribution in [2.75, 3.05) is 5.32 Å². The van der Waals surface area contributed by atoms with Crippen LogP contribution in [0, 0.1) is 19.7 Å². The summed E-state index contributed by atoms with van der Waals surface area (Å²) in [5.74, 6) is -0.843. The Morgan fingerprint density at radius 3 is 2.74 bits per heavy atom. The molecule has 0 aliphatic carbocycles. The van der Waals surface area contributed by atoms with Gasteiger partial charge in [0.15, 0.2) is 11.3 Å². The van der Waals surface area contributed by atoms with Crippen molar-refractivity contribution in [2.45, 2.75) is 13.8 Å². The van der Waals surface area contributed by atoms with Gasteiger partial charge in [-0.2, -0.15) is 10.2 Å². The van der Waals surface area contributed by atoms with Crippen molar-refractivity contribution in [1.29, 1.82) is 0 Å². The molecule has 136 valence electrons. The van der Waals surface area contributed by atoms with Crippen LogP contribution < -0.4 is 5.32 Å². The first kappa shape index (κ1) is 16.9. The third kappa shape index (κ3) is 2.95. The maximum Gasteiger partial charge on any atom is 0.276 e. The zero-order valence-electron chi connectivity index (χ0n) is 15.1. The number of hydrogen-bond acceptors (Lipinski definition) is 4. The van der Waals surface area contributed by atoms with E-state index in [9.17, 15) is 9.18 Å². The number of benzene rings is 1.